The van der Waals surface area contributed by atoms with Crippen LogP contribution in [0.15, 0.2) is 12.4 Å². The topological polar surface area (TPSA) is 84.3 Å². The molecule has 0 spiro atoms. The van der Waals surface area contributed by atoms with E-state index in [1.807, 2.05) is 4.90 Å². The number of piperidine rings is 1. The summed E-state index contributed by atoms with van der Waals surface area (Å²) in [4.78, 5) is 39.4. The van der Waals surface area contributed by atoms with Gasteiger partial charge in [-0.25, -0.2) is 0 Å². The van der Waals surface area contributed by atoms with Crippen LogP contribution in [0, 0.1) is 23.7 Å². The summed E-state index contributed by atoms with van der Waals surface area (Å²) in [6, 6.07) is 0. The molecule has 1 N–H and O–H groups in total. The molecule has 7 nitrogen and oxygen atoms in total. The number of aromatic nitrogens is 2. The Morgan fingerprint density at radius 3 is 2.43 bits per heavy atom. The lowest BCUT2D eigenvalue weighted by atomic mass is 9.67. The van der Waals surface area contributed by atoms with Crippen LogP contribution in [0.2, 0.25) is 0 Å². The van der Waals surface area contributed by atoms with Gasteiger partial charge in [-0.2, -0.15) is 5.10 Å². The average Bonchev–Trinajstić information content (AvgIpc) is 3.12. The van der Waals surface area contributed by atoms with Crippen molar-refractivity contribution in [3.63, 3.8) is 0 Å². The molecule has 3 fully saturated rings. The Balaban J connectivity index is 1.23. The predicted octanol–water partition coefficient (Wildman–Crippen LogP) is 1.78. The lowest BCUT2D eigenvalue weighted by Crippen LogP contribution is -2.47. The molecule has 2 unspecified atom stereocenters. The van der Waals surface area contributed by atoms with Gasteiger partial charge >= 0.3 is 0 Å². The first-order chi connectivity index (χ1) is 13.5. The number of hydrogen-bond acceptors (Lipinski definition) is 4. The highest BCUT2D eigenvalue weighted by molar-refractivity contribution is 5.93. The molecule has 1 aromatic heterocycles. The Bertz CT molecular complexity index is 735. The van der Waals surface area contributed by atoms with Gasteiger partial charge in [0.1, 0.15) is 5.78 Å². The Morgan fingerprint density at radius 1 is 1.14 bits per heavy atom. The van der Waals surface area contributed by atoms with E-state index in [-0.39, 0.29) is 29.6 Å². The second-order valence-corrected chi connectivity index (χ2v) is 8.78. The molecule has 2 aliphatic carbocycles. The fourth-order valence-electron chi connectivity index (χ4n) is 5.17. The third-order valence-corrected chi connectivity index (χ3v) is 6.84. The van der Waals surface area contributed by atoms with Gasteiger partial charge in [0.25, 0.3) is 5.91 Å². The molecule has 1 aliphatic heterocycles. The second kappa shape index (κ2) is 8.05. The monoisotopic (exact) mass is 386 g/mol. The van der Waals surface area contributed by atoms with E-state index >= 15 is 0 Å². The summed E-state index contributed by atoms with van der Waals surface area (Å²) in [5.41, 5.74) is 0.576. The third kappa shape index (κ3) is 3.98. The van der Waals surface area contributed by atoms with E-state index in [2.05, 4.69) is 10.4 Å². The van der Waals surface area contributed by atoms with Gasteiger partial charge in [0.2, 0.25) is 5.91 Å². The van der Waals surface area contributed by atoms with Crippen LogP contribution in [-0.2, 0) is 16.6 Å². The lowest BCUT2D eigenvalue weighted by molar-refractivity contribution is -0.144. The molecule has 1 aromatic rings. The molecule has 3 aliphatic rings. The molecule has 2 amide bonds. The molecule has 2 saturated carbocycles. The van der Waals surface area contributed by atoms with Crippen molar-refractivity contribution in [2.24, 2.45) is 30.7 Å². The maximum Gasteiger partial charge on any atom is 0.254 e. The van der Waals surface area contributed by atoms with Crippen molar-refractivity contribution in [3.05, 3.63) is 18.0 Å². The van der Waals surface area contributed by atoms with Gasteiger partial charge < -0.3 is 10.2 Å². The maximum atomic E-state index is 13.0. The van der Waals surface area contributed by atoms with Gasteiger partial charge in [0.15, 0.2) is 0 Å². The molecular formula is C21H30N4O3. The van der Waals surface area contributed by atoms with E-state index in [0.717, 1.165) is 58.0 Å². The first kappa shape index (κ1) is 19.2. The van der Waals surface area contributed by atoms with Crippen molar-refractivity contribution in [1.29, 1.82) is 0 Å². The molecule has 7 heteroatoms. The molecule has 28 heavy (non-hydrogen) atoms. The summed E-state index contributed by atoms with van der Waals surface area (Å²) in [5.74, 6) is 1.26. The highest BCUT2D eigenvalue weighted by Gasteiger charge is 2.42. The van der Waals surface area contributed by atoms with Crippen LogP contribution in [0.3, 0.4) is 0 Å². The van der Waals surface area contributed by atoms with Gasteiger partial charge in [-0.3, -0.25) is 19.1 Å². The van der Waals surface area contributed by atoms with Crippen LogP contribution in [0.5, 0.6) is 0 Å². The quantitative estimate of drug-likeness (QED) is 0.855. The van der Waals surface area contributed by atoms with Crippen molar-refractivity contribution < 1.29 is 14.4 Å². The number of amides is 2. The summed E-state index contributed by atoms with van der Waals surface area (Å²) in [6.45, 7) is 2.15. The lowest BCUT2D eigenvalue weighted by Gasteiger charge is -2.40. The fraction of sp³-hybridized carbons (Fsp3) is 0.714. The highest BCUT2D eigenvalue weighted by Crippen LogP contribution is 2.41. The van der Waals surface area contributed by atoms with Crippen LogP contribution in [0.4, 0.5) is 0 Å². The van der Waals surface area contributed by atoms with Crippen molar-refractivity contribution in [2.75, 3.05) is 19.6 Å². The molecule has 4 rings (SSSR count). The standard InChI is InChI=1S/C21H30N4O3/c1-24-13-18(12-23-24)20(27)22-11-14-5-7-25(8-6-14)21(28)17-9-15-3-2-4-16(10-17)19(15)26/h12-17H,2-11H2,1H3,(H,22,27). The van der Waals surface area contributed by atoms with Crippen molar-refractivity contribution in [1.82, 2.24) is 20.0 Å². The molecule has 0 radical (unpaired) electrons. The number of hydrogen-bond donors (Lipinski definition) is 1. The number of nitrogens with zero attached hydrogens (tertiary/aromatic N) is 3. The zero-order chi connectivity index (χ0) is 19.7. The first-order valence-corrected chi connectivity index (χ1v) is 10.6. The van der Waals surface area contributed by atoms with Gasteiger partial charge in [-0.1, -0.05) is 6.42 Å². The number of carbonyl (C=O) groups is 3. The Kier molecular flexibility index (Phi) is 5.51. The number of rotatable bonds is 4. The van der Waals surface area contributed by atoms with Crippen molar-refractivity contribution in [2.45, 2.75) is 44.9 Å². The number of ketones is 1. The summed E-state index contributed by atoms with van der Waals surface area (Å²) in [7, 11) is 1.79. The minimum atomic E-state index is -0.0926. The van der Waals surface area contributed by atoms with E-state index < -0.39 is 0 Å². The van der Waals surface area contributed by atoms with Gasteiger partial charge in [0.05, 0.1) is 11.8 Å². The normalized spacial score (nSPS) is 28.2. The minimum Gasteiger partial charge on any atom is -0.352 e. The predicted molar refractivity (Wildman–Crippen MR) is 103 cm³/mol. The maximum absolute atomic E-state index is 13.0. The molecule has 152 valence electrons. The van der Waals surface area contributed by atoms with Crippen LogP contribution in [0.25, 0.3) is 0 Å². The molecule has 2 bridgehead atoms. The molecule has 1 saturated heterocycles. The summed E-state index contributed by atoms with van der Waals surface area (Å²) in [5, 5.41) is 7.01. The number of likely N-dealkylation sites (tertiary alicyclic amines) is 1. The molecule has 2 heterocycles. The van der Waals surface area contributed by atoms with E-state index in [0.29, 0.717) is 23.8 Å². The smallest absolute Gasteiger partial charge is 0.254 e. The summed E-state index contributed by atoms with van der Waals surface area (Å²) >= 11 is 0. The van der Waals surface area contributed by atoms with Gasteiger partial charge in [-0.05, 0) is 44.4 Å². The van der Waals surface area contributed by atoms with E-state index in [1.165, 1.54) is 0 Å². The number of nitrogens with one attached hydrogen (secondary N) is 1. The molecule has 0 aromatic carbocycles. The van der Waals surface area contributed by atoms with Crippen molar-refractivity contribution in [3.8, 4) is 0 Å². The van der Waals surface area contributed by atoms with E-state index in [1.54, 1.807) is 24.1 Å². The van der Waals surface area contributed by atoms with E-state index in [4.69, 9.17) is 0 Å². The van der Waals surface area contributed by atoms with Gasteiger partial charge in [-0.15, -0.1) is 0 Å². The second-order valence-electron chi connectivity index (χ2n) is 8.78. The Labute approximate surface area is 165 Å². The minimum absolute atomic E-state index is 0.0369. The van der Waals surface area contributed by atoms with Crippen LogP contribution in [-0.4, -0.2) is 51.9 Å². The van der Waals surface area contributed by atoms with Crippen molar-refractivity contribution >= 4 is 17.6 Å². The average molecular weight is 386 g/mol. The Hall–Kier alpha value is -2.18. The third-order valence-electron chi connectivity index (χ3n) is 6.84. The van der Waals surface area contributed by atoms with Crippen LogP contribution >= 0.6 is 0 Å². The fourth-order valence-corrected chi connectivity index (χ4v) is 5.17. The highest BCUT2D eigenvalue weighted by atomic mass is 16.2. The van der Waals surface area contributed by atoms with Gasteiger partial charge in [0, 0.05) is 50.6 Å². The number of Topliss-reactive ketones (excluding diaryl/α,β-unsaturated/α-hetero) is 1. The Morgan fingerprint density at radius 2 is 1.82 bits per heavy atom. The number of fused-ring (bicyclic) bond motifs is 2. The summed E-state index contributed by atoms with van der Waals surface area (Å²) < 4.78 is 1.62. The van der Waals surface area contributed by atoms with Crippen LogP contribution < -0.4 is 5.32 Å². The molecular weight excluding hydrogens is 356 g/mol. The molecule has 2 atom stereocenters. The number of aryl methyl sites for hydroxylation is 1. The van der Waals surface area contributed by atoms with E-state index in [9.17, 15) is 14.4 Å². The zero-order valence-corrected chi connectivity index (χ0v) is 16.6. The SMILES string of the molecule is Cn1cc(C(=O)NCC2CCN(C(=O)C3CC4CCCC(C3)C4=O)CC2)cn1. The zero-order valence-electron chi connectivity index (χ0n) is 16.6. The summed E-state index contributed by atoms with van der Waals surface area (Å²) in [6.07, 6.45) is 9.70. The first-order valence-electron chi connectivity index (χ1n) is 10.6. The largest absolute Gasteiger partial charge is 0.352 e. The number of carbonyl (C=O) groups excluding carboxylic acids is 3. The van der Waals surface area contributed by atoms with Crippen LogP contribution in [0.1, 0.15) is 55.3 Å².